The van der Waals surface area contributed by atoms with Crippen LogP contribution in [0.3, 0.4) is 0 Å². The number of hydrogen-bond donors (Lipinski definition) is 2. The van der Waals surface area contributed by atoms with Crippen molar-refractivity contribution in [3.05, 3.63) is 0 Å². The van der Waals surface area contributed by atoms with Gasteiger partial charge in [0.2, 0.25) is 0 Å². The van der Waals surface area contributed by atoms with Crippen LogP contribution in [0, 0.1) is 5.41 Å². The van der Waals surface area contributed by atoms with E-state index in [-0.39, 0.29) is 11.9 Å². The van der Waals surface area contributed by atoms with E-state index in [1.54, 1.807) is 13.8 Å². The third-order valence-electron chi connectivity index (χ3n) is 5.79. The Morgan fingerprint density at radius 1 is 1.26 bits per heavy atom. The Morgan fingerprint density at radius 3 is 2.65 bits per heavy atom. The Kier molecular flexibility index (Phi) is 4.65. The Labute approximate surface area is 138 Å². The molecule has 6 nitrogen and oxygen atoms in total. The minimum absolute atomic E-state index is 0.121. The first kappa shape index (κ1) is 16.7. The van der Waals surface area contributed by atoms with Gasteiger partial charge >= 0.3 is 6.03 Å². The summed E-state index contributed by atoms with van der Waals surface area (Å²) in [5, 5.41) is 6.42. The van der Waals surface area contributed by atoms with Crippen LogP contribution >= 0.6 is 0 Å². The molecule has 1 saturated carbocycles. The lowest BCUT2D eigenvalue weighted by molar-refractivity contribution is -0.130. The van der Waals surface area contributed by atoms with Gasteiger partial charge in [-0.15, -0.1) is 0 Å². The molecule has 0 aromatic carbocycles. The number of rotatable bonds is 5. The fourth-order valence-corrected chi connectivity index (χ4v) is 4.37. The van der Waals surface area contributed by atoms with E-state index in [0.29, 0.717) is 18.0 Å². The smallest absolute Gasteiger partial charge is 0.325 e. The largest absolute Gasteiger partial charge is 0.381 e. The van der Waals surface area contributed by atoms with Crippen LogP contribution in [0.5, 0.6) is 0 Å². The van der Waals surface area contributed by atoms with Gasteiger partial charge < -0.3 is 15.4 Å². The summed E-state index contributed by atoms with van der Waals surface area (Å²) in [6.45, 7) is 6.61. The zero-order valence-corrected chi connectivity index (χ0v) is 14.3. The molecule has 3 fully saturated rings. The lowest BCUT2D eigenvalue weighted by Gasteiger charge is -2.39. The van der Waals surface area contributed by atoms with E-state index in [2.05, 4.69) is 10.6 Å². The summed E-state index contributed by atoms with van der Waals surface area (Å²) in [5.74, 6) is -0.121. The topological polar surface area (TPSA) is 70.7 Å². The molecule has 130 valence electrons. The normalized spacial score (nSPS) is 29.3. The molecule has 1 aliphatic carbocycles. The number of hydrogen-bond acceptors (Lipinski definition) is 4. The molecule has 3 rings (SSSR count). The van der Waals surface area contributed by atoms with Gasteiger partial charge in [0.25, 0.3) is 5.91 Å². The van der Waals surface area contributed by atoms with Crippen molar-refractivity contribution in [3.63, 3.8) is 0 Å². The summed E-state index contributed by atoms with van der Waals surface area (Å²) in [6, 6.07) is 0.299. The van der Waals surface area contributed by atoms with Crippen LogP contribution in [-0.2, 0) is 9.53 Å². The molecule has 0 aromatic rings. The van der Waals surface area contributed by atoms with Crippen LogP contribution in [0.25, 0.3) is 0 Å². The van der Waals surface area contributed by atoms with Crippen LogP contribution < -0.4 is 10.6 Å². The second-order valence-electron chi connectivity index (χ2n) is 7.74. The van der Waals surface area contributed by atoms with Crippen molar-refractivity contribution < 1.29 is 14.3 Å². The quantitative estimate of drug-likeness (QED) is 0.596. The van der Waals surface area contributed by atoms with Gasteiger partial charge in [0, 0.05) is 25.8 Å². The number of imide groups is 1. The molecule has 3 amide bonds. The second kappa shape index (κ2) is 6.40. The predicted molar refractivity (Wildman–Crippen MR) is 87.1 cm³/mol. The number of urea groups is 1. The van der Waals surface area contributed by atoms with Crippen molar-refractivity contribution in [2.75, 3.05) is 26.3 Å². The summed E-state index contributed by atoms with van der Waals surface area (Å²) in [5.41, 5.74) is -0.344. The monoisotopic (exact) mass is 323 g/mol. The average molecular weight is 323 g/mol. The molecule has 0 bridgehead atoms. The first-order valence-electron chi connectivity index (χ1n) is 8.90. The number of carbonyl (C=O) groups excluding carboxylic acids is 2. The van der Waals surface area contributed by atoms with E-state index in [0.717, 1.165) is 39.0 Å². The predicted octanol–water partition coefficient (Wildman–Crippen LogP) is 1.65. The van der Waals surface area contributed by atoms with Gasteiger partial charge in [-0.1, -0.05) is 6.42 Å². The zero-order valence-electron chi connectivity index (χ0n) is 14.3. The number of nitrogens with one attached hydrogen (secondary N) is 2. The second-order valence-corrected chi connectivity index (χ2v) is 7.74. The lowest BCUT2D eigenvalue weighted by atomic mass is 9.75. The average Bonchev–Trinajstić information content (AvgIpc) is 2.97. The summed E-state index contributed by atoms with van der Waals surface area (Å²) < 4.78 is 5.52. The fraction of sp³-hybridized carbons (Fsp3) is 0.882. The molecule has 2 aliphatic heterocycles. The van der Waals surface area contributed by atoms with Gasteiger partial charge in [-0.3, -0.25) is 9.69 Å². The Balaban J connectivity index is 1.45. The van der Waals surface area contributed by atoms with Crippen LogP contribution in [0.4, 0.5) is 4.79 Å². The van der Waals surface area contributed by atoms with Crippen LogP contribution in [-0.4, -0.2) is 54.7 Å². The Hall–Kier alpha value is -1.14. The molecule has 2 N–H and O–H groups in total. The van der Waals surface area contributed by atoms with Crippen molar-refractivity contribution in [3.8, 4) is 0 Å². The minimum Gasteiger partial charge on any atom is -0.381 e. The first-order chi connectivity index (χ1) is 10.9. The Morgan fingerprint density at radius 2 is 2.00 bits per heavy atom. The first-order valence-corrected chi connectivity index (χ1v) is 8.90. The summed E-state index contributed by atoms with van der Waals surface area (Å²) in [4.78, 5) is 25.3. The molecule has 2 heterocycles. The molecule has 0 radical (unpaired) electrons. The van der Waals surface area contributed by atoms with Crippen LogP contribution in [0.1, 0.15) is 52.4 Å². The Bertz CT molecular complexity index is 472. The van der Waals surface area contributed by atoms with Crippen LogP contribution in [0.15, 0.2) is 0 Å². The van der Waals surface area contributed by atoms with Crippen molar-refractivity contribution in [2.24, 2.45) is 5.41 Å². The summed E-state index contributed by atoms with van der Waals surface area (Å²) in [6.07, 6.45) is 6.94. The van der Waals surface area contributed by atoms with Gasteiger partial charge in [-0.05, 0) is 57.9 Å². The number of ether oxygens (including phenoxy) is 1. The third kappa shape index (κ3) is 3.24. The SMILES string of the molecule is CC1(C)NC(=O)N(CCCNC2CCCC23CCOCC3)C1=O. The third-order valence-corrected chi connectivity index (χ3v) is 5.79. The molecule has 1 spiro atoms. The summed E-state index contributed by atoms with van der Waals surface area (Å²) >= 11 is 0. The highest BCUT2D eigenvalue weighted by Crippen LogP contribution is 2.45. The van der Waals surface area contributed by atoms with E-state index in [9.17, 15) is 9.59 Å². The number of carbonyl (C=O) groups is 2. The van der Waals surface area contributed by atoms with E-state index >= 15 is 0 Å². The van der Waals surface area contributed by atoms with Gasteiger partial charge in [-0.2, -0.15) is 0 Å². The maximum absolute atomic E-state index is 12.1. The highest BCUT2D eigenvalue weighted by atomic mass is 16.5. The molecule has 1 atom stereocenters. The van der Waals surface area contributed by atoms with E-state index in [4.69, 9.17) is 4.74 Å². The molecular formula is C17H29N3O3. The number of amides is 3. The van der Waals surface area contributed by atoms with Gasteiger partial charge in [0.15, 0.2) is 0 Å². The van der Waals surface area contributed by atoms with Gasteiger partial charge in [-0.25, -0.2) is 4.79 Å². The molecule has 3 aliphatic rings. The standard InChI is InChI=1S/C17H29N3O3/c1-16(2)14(21)20(15(22)19-16)10-4-9-18-13-5-3-6-17(13)7-11-23-12-8-17/h13,18H,3-12H2,1-2H3,(H,19,22). The van der Waals surface area contributed by atoms with E-state index < -0.39 is 5.54 Å². The summed E-state index contributed by atoms with van der Waals surface area (Å²) in [7, 11) is 0. The molecule has 6 heteroatoms. The lowest BCUT2D eigenvalue weighted by Crippen LogP contribution is -2.45. The van der Waals surface area contributed by atoms with Crippen LogP contribution in [0.2, 0.25) is 0 Å². The molecule has 2 saturated heterocycles. The molecular weight excluding hydrogens is 294 g/mol. The van der Waals surface area contributed by atoms with Crippen molar-refractivity contribution in [2.45, 2.75) is 64.0 Å². The molecule has 0 aromatic heterocycles. The fourth-order valence-electron chi connectivity index (χ4n) is 4.37. The van der Waals surface area contributed by atoms with E-state index in [1.807, 2.05) is 0 Å². The highest BCUT2D eigenvalue weighted by Gasteiger charge is 2.45. The minimum atomic E-state index is -0.762. The highest BCUT2D eigenvalue weighted by molar-refractivity contribution is 6.06. The maximum Gasteiger partial charge on any atom is 0.325 e. The van der Waals surface area contributed by atoms with Gasteiger partial charge in [0.05, 0.1) is 0 Å². The van der Waals surface area contributed by atoms with E-state index in [1.165, 1.54) is 24.2 Å². The number of nitrogens with zero attached hydrogens (tertiary/aromatic N) is 1. The van der Waals surface area contributed by atoms with Crippen molar-refractivity contribution in [1.29, 1.82) is 0 Å². The van der Waals surface area contributed by atoms with Gasteiger partial charge in [0.1, 0.15) is 5.54 Å². The molecule has 23 heavy (non-hydrogen) atoms. The van der Waals surface area contributed by atoms with Crippen molar-refractivity contribution >= 4 is 11.9 Å². The zero-order chi connectivity index (χ0) is 16.5. The van der Waals surface area contributed by atoms with Crippen molar-refractivity contribution in [1.82, 2.24) is 15.5 Å². The maximum atomic E-state index is 12.1. The molecule has 1 unspecified atom stereocenters.